The molecule has 1 aromatic rings. The van der Waals surface area contributed by atoms with E-state index < -0.39 is 0 Å². The van der Waals surface area contributed by atoms with Crippen molar-refractivity contribution in [1.82, 2.24) is 5.43 Å². The van der Waals surface area contributed by atoms with Gasteiger partial charge >= 0.3 is 0 Å². The fraction of sp³-hybridized carbons (Fsp3) is 0.600. The highest BCUT2D eigenvalue weighted by molar-refractivity contribution is 6.32. The van der Waals surface area contributed by atoms with Gasteiger partial charge in [-0.05, 0) is 43.4 Å². The van der Waals surface area contributed by atoms with Gasteiger partial charge in [0.25, 0.3) is 0 Å². The molecule has 3 N–H and O–H groups in total. The highest BCUT2D eigenvalue weighted by Gasteiger charge is 2.20. The second-order valence-electron chi connectivity index (χ2n) is 5.17. The van der Waals surface area contributed by atoms with Gasteiger partial charge in [0.2, 0.25) is 0 Å². The molecule has 2 atom stereocenters. The average Bonchev–Trinajstić information content (AvgIpc) is 3.00. The fourth-order valence-corrected chi connectivity index (χ4v) is 3.01. The third-order valence-corrected chi connectivity index (χ3v) is 4.14. The summed E-state index contributed by atoms with van der Waals surface area (Å²) in [6.45, 7) is 0.869. The SMILES string of the molecule is COc1cc(C(CCC2CCCO2)NN)cc(Cl)c1OC. The Balaban J connectivity index is 2.11. The Hall–Kier alpha value is -1.01. The number of nitrogens with one attached hydrogen (secondary N) is 1. The van der Waals surface area contributed by atoms with Crippen molar-refractivity contribution in [2.45, 2.75) is 37.8 Å². The van der Waals surface area contributed by atoms with Crippen LogP contribution >= 0.6 is 11.6 Å². The van der Waals surface area contributed by atoms with E-state index in [1.807, 2.05) is 12.1 Å². The van der Waals surface area contributed by atoms with Crippen LogP contribution in [0.2, 0.25) is 5.02 Å². The number of nitrogens with two attached hydrogens (primary N) is 1. The molecule has 1 saturated heterocycles. The second kappa shape index (κ2) is 7.84. The summed E-state index contributed by atoms with van der Waals surface area (Å²) in [5, 5.41) is 0.518. The molecule has 0 spiro atoms. The number of halogens is 1. The molecule has 0 aliphatic carbocycles. The molecule has 1 aromatic carbocycles. The number of hydrogen-bond acceptors (Lipinski definition) is 5. The van der Waals surface area contributed by atoms with Crippen molar-refractivity contribution in [1.29, 1.82) is 0 Å². The Morgan fingerprint density at radius 2 is 2.24 bits per heavy atom. The monoisotopic (exact) mass is 314 g/mol. The van der Waals surface area contributed by atoms with Gasteiger partial charge in [-0.15, -0.1) is 0 Å². The number of benzene rings is 1. The standard InChI is InChI=1S/C15H23ClN2O3/c1-19-14-9-10(8-12(16)15(14)20-2)13(18-17)6-5-11-4-3-7-21-11/h8-9,11,13,18H,3-7,17H2,1-2H3. The van der Waals surface area contributed by atoms with Crippen LogP contribution in [0.1, 0.15) is 37.3 Å². The average molecular weight is 315 g/mol. The summed E-state index contributed by atoms with van der Waals surface area (Å²) in [6.07, 6.45) is 4.47. The molecule has 118 valence electrons. The normalized spacial score (nSPS) is 19.5. The zero-order valence-corrected chi connectivity index (χ0v) is 13.3. The first-order valence-electron chi connectivity index (χ1n) is 7.18. The Morgan fingerprint density at radius 3 is 2.81 bits per heavy atom. The third kappa shape index (κ3) is 4.01. The summed E-state index contributed by atoms with van der Waals surface area (Å²) in [5.74, 6) is 6.84. The van der Waals surface area contributed by atoms with Crippen LogP contribution in [0, 0.1) is 0 Å². The second-order valence-corrected chi connectivity index (χ2v) is 5.58. The number of methoxy groups -OCH3 is 2. The van der Waals surface area contributed by atoms with Gasteiger partial charge in [-0.2, -0.15) is 0 Å². The van der Waals surface area contributed by atoms with E-state index in [-0.39, 0.29) is 6.04 Å². The molecular weight excluding hydrogens is 292 g/mol. The quantitative estimate of drug-likeness (QED) is 0.598. The van der Waals surface area contributed by atoms with E-state index in [0.29, 0.717) is 22.6 Å². The predicted molar refractivity (Wildman–Crippen MR) is 82.8 cm³/mol. The van der Waals surface area contributed by atoms with Gasteiger partial charge in [0.1, 0.15) is 0 Å². The van der Waals surface area contributed by atoms with E-state index in [4.69, 9.17) is 31.7 Å². The van der Waals surface area contributed by atoms with Gasteiger partial charge < -0.3 is 14.2 Å². The minimum atomic E-state index is 0.00602. The van der Waals surface area contributed by atoms with Crippen molar-refractivity contribution >= 4 is 11.6 Å². The van der Waals surface area contributed by atoms with Crippen molar-refractivity contribution in [2.75, 3.05) is 20.8 Å². The largest absolute Gasteiger partial charge is 0.493 e. The molecular formula is C15H23ClN2O3. The van der Waals surface area contributed by atoms with Crippen molar-refractivity contribution in [3.63, 3.8) is 0 Å². The molecule has 0 saturated carbocycles. The van der Waals surface area contributed by atoms with Gasteiger partial charge in [-0.25, -0.2) is 0 Å². The molecule has 0 bridgehead atoms. The lowest BCUT2D eigenvalue weighted by molar-refractivity contribution is 0.0996. The van der Waals surface area contributed by atoms with Crippen molar-refractivity contribution in [3.05, 3.63) is 22.7 Å². The van der Waals surface area contributed by atoms with Crippen LogP contribution in [-0.2, 0) is 4.74 Å². The smallest absolute Gasteiger partial charge is 0.179 e. The molecule has 0 amide bonds. The molecule has 1 heterocycles. The molecule has 21 heavy (non-hydrogen) atoms. The van der Waals surface area contributed by atoms with Crippen LogP contribution < -0.4 is 20.7 Å². The molecule has 2 unspecified atom stereocenters. The van der Waals surface area contributed by atoms with Crippen LogP contribution in [0.15, 0.2) is 12.1 Å². The maximum atomic E-state index is 6.24. The molecule has 1 aliphatic heterocycles. The molecule has 2 rings (SSSR count). The van der Waals surface area contributed by atoms with Gasteiger partial charge in [-0.3, -0.25) is 11.3 Å². The molecule has 6 heteroatoms. The number of ether oxygens (including phenoxy) is 3. The summed E-state index contributed by atoms with van der Waals surface area (Å²) in [4.78, 5) is 0. The van der Waals surface area contributed by atoms with Crippen molar-refractivity contribution < 1.29 is 14.2 Å². The van der Waals surface area contributed by atoms with Crippen molar-refractivity contribution in [2.24, 2.45) is 5.84 Å². The maximum absolute atomic E-state index is 6.24. The number of hydrogen-bond donors (Lipinski definition) is 2. The molecule has 5 nitrogen and oxygen atoms in total. The third-order valence-electron chi connectivity index (χ3n) is 3.86. The first-order chi connectivity index (χ1) is 10.2. The predicted octanol–water partition coefficient (Wildman–Crippen LogP) is 2.82. The Labute approximate surface area is 130 Å². The fourth-order valence-electron chi connectivity index (χ4n) is 2.71. The summed E-state index contributed by atoms with van der Waals surface area (Å²) >= 11 is 6.24. The molecule has 1 fully saturated rings. The first-order valence-corrected chi connectivity index (χ1v) is 7.56. The van der Waals surface area contributed by atoms with Crippen LogP contribution in [-0.4, -0.2) is 26.9 Å². The lowest BCUT2D eigenvalue weighted by Crippen LogP contribution is -2.29. The molecule has 0 radical (unpaired) electrons. The lowest BCUT2D eigenvalue weighted by Gasteiger charge is -2.20. The zero-order valence-electron chi connectivity index (χ0n) is 12.5. The number of rotatable bonds is 7. The first kappa shape index (κ1) is 16.4. The van der Waals surface area contributed by atoms with Gasteiger partial charge in [0.15, 0.2) is 11.5 Å². The molecule has 1 aliphatic rings. The van der Waals surface area contributed by atoms with Crippen molar-refractivity contribution in [3.8, 4) is 11.5 Å². The van der Waals surface area contributed by atoms with Gasteiger partial charge in [-0.1, -0.05) is 11.6 Å². The summed E-state index contributed by atoms with van der Waals surface area (Å²) < 4.78 is 16.2. The highest BCUT2D eigenvalue weighted by atomic mass is 35.5. The number of hydrazine groups is 1. The Morgan fingerprint density at radius 1 is 1.43 bits per heavy atom. The summed E-state index contributed by atoms with van der Waals surface area (Å²) in [7, 11) is 3.16. The van der Waals surface area contributed by atoms with Gasteiger partial charge in [0.05, 0.1) is 25.3 Å². The molecule has 0 aromatic heterocycles. The van der Waals surface area contributed by atoms with Crippen LogP contribution in [0.5, 0.6) is 11.5 Å². The summed E-state index contributed by atoms with van der Waals surface area (Å²) in [5.41, 5.74) is 3.83. The minimum absolute atomic E-state index is 0.00602. The summed E-state index contributed by atoms with van der Waals surface area (Å²) in [6, 6.07) is 3.78. The van der Waals surface area contributed by atoms with E-state index in [0.717, 1.165) is 37.9 Å². The maximum Gasteiger partial charge on any atom is 0.179 e. The lowest BCUT2D eigenvalue weighted by atomic mass is 9.99. The Kier molecular flexibility index (Phi) is 6.11. The van der Waals surface area contributed by atoms with E-state index >= 15 is 0 Å². The van der Waals surface area contributed by atoms with E-state index in [9.17, 15) is 0 Å². The Bertz CT molecular complexity index is 464. The minimum Gasteiger partial charge on any atom is -0.493 e. The van der Waals surface area contributed by atoms with E-state index in [1.165, 1.54) is 0 Å². The highest BCUT2D eigenvalue weighted by Crippen LogP contribution is 2.38. The van der Waals surface area contributed by atoms with Crippen LogP contribution in [0.25, 0.3) is 0 Å². The van der Waals surface area contributed by atoms with Gasteiger partial charge in [0, 0.05) is 12.6 Å². The zero-order chi connectivity index (χ0) is 15.2. The van der Waals surface area contributed by atoms with Crippen LogP contribution in [0.4, 0.5) is 0 Å². The van der Waals surface area contributed by atoms with E-state index in [2.05, 4.69) is 5.43 Å². The van der Waals surface area contributed by atoms with E-state index in [1.54, 1.807) is 14.2 Å². The van der Waals surface area contributed by atoms with Crippen LogP contribution in [0.3, 0.4) is 0 Å². The topological polar surface area (TPSA) is 65.7 Å².